The van der Waals surface area contributed by atoms with E-state index in [9.17, 15) is 9.18 Å². The molecule has 27 heavy (non-hydrogen) atoms. The van der Waals surface area contributed by atoms with Gasteiger partial charge in [-0.3, -0.25) is 4.79 Å². The second-order valence-electron chi connectivity index (χ2n) is 5.90. The molecule has 0 fully saturated rings. The van der Waals surface area contributed by atoms with Gasteiger partial charge in [0.25, 0.3) is 0 Å². The minimum Gasteiger partial charge on any atom is -0.490 e. The molecule has 0 aliphatic carbocycles. The van der Waals surface area contributed by atoms with Crippen LogP contribution in [0, 0.1) is 12.7 Å². The van der Waals surface area contributed by atoms with E-state index < -0.39 is 11.4 Å². The van der Waals surface area contributed by atoms with Gasteiger partial charge in [-0.05, 0) is 48.4 Å². The Morgan fingerprint density at radius 2 is 2.00 bits per heavy atom. The monoisotopic (exact) mass is 407 g/mol. The topological polar surface area (TPSA) is 56.1 Å². The summed E-state index contributed by atoms with van der Waals surface area (Å²) in [6.45, 7) is 2.19. The number of rotatable bonds is 5. The van der Waals surface area contributed by atoms with Gasteiger partial charge in [0.1, 0.15) is 5.82 Å². The Balaban J connectivity index is 2.02. The third kappa shape index (κ3) is 4.40. The Hall–Kier alpha value is -2.57. The normalized spacial score (nSPS) is 10.7. The van der Waals surface area contributed by atoms with E-state index in [2.05, 4.69) is 10.3 Å². The largest absolute Gasteiger partial charge is 0.490 e. The molecule has 8 heteroatoms. The molecule has 140 valence electrons. The number of nitrogens with zero attached hydrogens (tertiary/aromatic N) is 2. The summed E-state index contributed by atoms with van der Waals surface area (Å²) in [4.78, 5) is 16.2. The van der Waals surface area contributed by atoms with Crippen molar-refractivity contribution in [3.05, 3.63) is 79.9 Å². The van der Waals surface area contributed by atoms with Crippen molar-refractivity contribution < 1.29 is 9.13 Å². The maximum absolute atomic E-state index is 13.4. The first-order valence-corrected chi connectivity index (χ1v) is 8.75. The molecule has 0 radical (unpaired) electrons. The molecule has 3 aromatic rings. The van der Waals surface area contributed by atoms with Crippen molar-refractivity contribution in [1.82, 2.24) is 9.55 Å². The van der Waals surface area contributed by atoms with Crippen LogP contribution >= 0.6 is 23.2 Å². The average Bonchev–Trinajstić information content (AvgIpc) is 2.62. The van der Waals surface area contributed by atoms with Gasteiger partial charge in [-0.1, -0.05) is 29.3 Å². The zero-order valence-corrected chi connectivity index (χ0v) is 16.1. The molecule has 2 aromatic carbocycles. The van der Waals surface area contributed by atoms with Crippen molar-refractivity contribution >= 4 is 34.8 Å². The summed E-state index contributed by atoms with van der Waals surface area (Å²) in [7, 11) is 1.40. The fraction of sp³-hybridized carbons (Fsp3) is 0.158. The van der Waals surface area contributed by atoms with Crippen LogP contribution in [-0.2, 0) is 6.54 Å². The molecule has 0 aliphatic rings. The number of halogens is 3. The Kier molecular flexibility index (Phi) is 5.68. The molecule has 0 bridgehead atoms. The lowest BCUT2D eigenvalue weighted by Gasteiger charge is -2.16. The number of hydrogen-bond acceptors (Lipinski definition) is 4. The fourth-order valence-electron chi connectivity index (χ4n) is 2.56. The standard InChI is InChI=1S/C19H16Cl2FN3O2/c1-11-7-13(20)4-6-16(11)23-19-24-18(26)17(27-2)10-25(19)9-12-3-5-15(22)14(21)8-12/h3-8,10H,9H2,1-2H3,(H,23,24,26). The van der Waals surface area contributed by atoms with E-state index in [4.69, 9.17) is 27.9 Å². The van der Waals surface area contributed by atoms with Gasteiger partial charge in [0.15, 0.2) is 0 Å². The molecular formula is C19H16Cl2FN3O2. The summed E-state index contributed by atoms with van der Waals surface area (Å²) < 4.78 is 20.2. The number of benzene rings is 2. The predicted octanol–water partition coefficient (Wildman–Crippen LogP) is 4.80. The minimum atomic E-state index is -0.500. The summed E-state index contributed by atoms with van der Waals surface area (Å²) in [5.74, 6) is -0.0839. The van der Waals surface area contributed by atoms with Crippen molar-refractivity contribution in [2.24, 2.45) is 0 Å². The Morgan fingerprint density at radius 1 is 1.22 bits per heavy atom. The van der Waals surface area contributed by atoms with Crippen molar-refractivity contribution in [1.29, 1.82) is 0 Å². The SMILES string of the molecule is COc1cn(Cc2ccc(F)c(Cl)c2)c(Nc2ccc(Cl)cc2C)nc1=O. The van der Waals surface area contributed by atoms with Gasteiger partial charge in [0, 0.05) is 10.7 Å². The lowest BCUT2D eigenvalue weighted by atomic mass is 10.2. The first kappa shape index (κ1) is 19.2. The molecule has 0 saturated carbocycles. The van der Waals surface area contributed by atoms with Crippen LogP contribution in [0.15, 0.2) is 47.4 Å². The highest BCUT2D eigenvalue weighted by molar-refractivity contribution is 6.31. The molecule has 1 heterocycles. The molecule has 0 amide bonds. The number of aromatic nitrogens is 2. The van der Waals surface area contributed by atoms with E-state index in [0.29, 0.717) is 17.5 Å². The summed E-state index contributed by atoms with van der Waals surface area (Å²) in [5.41, 5.74) is 1.89. The van der Waals surface area contributed by atoms with Crippen LogP contribution in [0.3, 0.4) is 0 Å². The second-order valence-corrected chi connectivity index (χ2v) is 6.74. The Bertz CT molecular complexity index is 1050. The quantitative estimate of drug-likeness (QED) is 0.659. The predicted molar refractivity (Wildman–Crippen MR) is 105 cm³/mol. The first-order valence-electron chi connectivity index (χ1n) is 8.00. The molecule has 1 aromatic heterocycles. The van der Waals surface area contributed by atoms with E-state index in [0.717, 1.165) is 16.8 Å². The Morgan fingerprint density at radius 3 is 2.67 bits per heavy atom. The van der Waals surface area contributed by atoms with Crippen LogP contribution in [0.1, 0.15) is 11.1 Å². The van der Waals surface area contributed by atoms with Gasteiger partial charge in [-0.15, -0.1) is 0 Å². The van der Waals surface area contributed by atoms with Crippen molar-refractivity contribution in [3.63, 3.8) is 0 Å². The third-order valence-corrected chi connectivity index (χ3v) is 4.48. The maximum Gasteiger partial charge on any atom is 0.316 e. The highest BCUT2D eigenvalue weighted by Gasteiger charge is 2.12. The van der Waals surface area contributed by atoms with Crippen LogP contribution < -0.4 is 15.6 Å². The summed E-state index contributed by atoms with van der Waals surface area (Å²) in [5, 5.41) is 3.77. The highest BCUT2D eigenvalue weighted by Crippen LogP contribution is 2.24. The molecule has 0 unspecified atom stereocenters. The molecule has 1 N–H and O–H groups in total. The van der Waals surface area contributed by atoms with Crippen molar-refractivity contribution in [3.8, 4) is 5.75 Å². The molecule has 0 atom stereocenters. The zero-order chi connectivity index (χ0) is 19.6. The van der Waals surface area contributed by atoms with Gasteiger partial charge < -0.3 is 14.6 Å². The van der Waals surface area contributed by atoms with Gasteiger partial charge in [0.05, 0.1) is 24.9 Å². The molecular weight excluding hydrogens is 392 g/mol. The van der Waals surface area contributed by atoms with E-state index in [-0.39, 0.29) is 10.8 Å². The number of aryl methyl sites for hydroxylation is 1. The number of anilines is 2. The Labute approximate surface area is 165 Å². The number of nitrogens with one attached hydrogen (secondary N) is 1. The molecule has 0 spiro atoms. The fourth-order valence-corrected chi connectivity index (χ4v) is 2.99. The average molecular weight is 408 g/mol. The van der Waals surface area contributed by atoms with Crippen molar-refractivity contribution in [2.45, 2.75) is 13.5 Å². The molecule has 0 aliphatic heterocycles. The summed E-state index contributed by atoms with van der Waals surface area (Å²) in [6.07, 6.45) is 1.54. The van der Waals surface area contributed by atoms with Gasteiger partial charge in [-0.25, -0.2) is 4.39 Å². The summed E-state index contributed by atoms with van der Waals surface area (Å²) >= 11 is 11.9. The lowest BCUT2D eigenvalue weighted by Crippen LogP contribution is -2.19. The molecule has 5 nitrogen and oxygen atoms in total. The van der Waals surface area contributed by atoms with Gasteiger partial charge >= 0.3 is 5.56 Å². The van der Waals surface area contributed by atoms with E-state index >= 15 is 0 Å². The van der Waals surface area contributed by atoms with E-state index in [1.54, 1.807) is 35.0 Å². The number of hydrogen-bond donors (Lipinski definition) is 1. The lowest BCUT2D eigenvalue weighted by molar-refractivity contribution is 0.402. The third-order valence-electron chi connectivity index (χ3n) is 3.96. The van der Waals surface area contributed by atoms with Crippen LogP contribution in [0.2, 0.25) is 10.0 Å². The van der Waals surface area contributed by atoms with Crippen molar-refractivity contribution in [2.75, 3.05) is 12.4 Å². The van der Waals surface area contributed by atoms with Gasteiger partial charge in [-0.2, -0.15) is 4.98 Å². The van der Waals surface area contributed by atoms with Crippen LogP contribution in [0.5, 0.6) is 5.75 Å². The number of ether oxygens (including phenoxy) is 1. The zero-order valence-electron chi connectivity index (χ0n) is 14.6. The maximum atomic E-state index is 13.4. The van der Waals surface area contributed by atoms with Crippen LogP contribution in [-0.4, -0.2) is 16.7 Å². The van der Waals surface area contributed by atoms with Crippen LogP contribution in [0.25, 0.3) is 0 Å². The number of methoxy groups -OCH3 is 1. The van der Waals surface area contributed by atoms with Crippen LogP contribution in [0.4, 0.5) is 16.0 Å². The van der Waals surface area contributed by atoms with E-state index in [1.165, 1.54) is 19.2 Å². The molecule has 0 saturated heterocycles. The first-order chi connectivity index (χ1) is 12.9. The summed E-state index contributed by atoms with van der Waals surface area (Å²) in [6, 6.07) is 9.77. The highest BCUT2D eigenvalue weighted by atomic mass is 35.5. The van der Waals surface area contributed by atoms with Gasteiger partial charge in [0.2, 0.25) is 11.7 Å². The minimum absolute atomic E-state index is 0.0246. The molecule has 3 rings (SSSR count). The smallest absolute Gasteiger partial charge is 0.316 e. The van der Waals surface area contributed by atoms with E-state index in [1.807, 2.05) is 6.92 Å². The second kappa shape index (κ2) is 7.98.